The van der Waals surface area contributed by atoms with Crippen molar-refractivity contribution < 1.29 is 13.2 Å². The van der Waals surface area contributed by atoms with Crippen molar-refractivity contribution in [1.29, 1.82) is 0 Å². The van der Waals surface area contributed by atoms with Crippen LogP contribution in [0.3, 0.4) is 0 Å². The van der Waals surface area contributed by atoms with Crippen molar-refractivity contribution in [2.75, 3.05) is 46.0 Å². The molecule has 20 heavy (non-hydrogen) atoms. The second kappa shape index (κ2) is 7.95. The van der Waals surface area contributed by atoms with E-state index in [4.69, 9.17) is 0 Å². The fourth-order valence-electron chi connectivity index (χ4n) is 2.34. The number of carbonyl (C=O) groups excluding carboxylic acids is 1. The van der Waals surface area contributed by atoms with Gasteiger partial charge in [-0.2, -0.15) is 0 Å². The number of hydrogen-bond donors (Lipinski definition) is 1. The van der Waals surface area contributed by atoms with Crippen LogP contribution in [0, 0.1) is 5.92 Å². The van der Waals surface area contributed by atoms with E-state index in [2.05, 4.69) is 5.32 Å². The van der Waals surface area contributed by atoms with Gasteiger partial charge in [0.05, 0.1) is 11.7 Å². The molecule has 1 rings (SSSR count). The normalized spacial score (nSPS) is 21.1. The number of likely N-dealkylation sites (N-methyl/N-ethyl adjacent to an activating group) is 1. The molecule has 1 fully saturated rings. The maximum atomic E-state index is 12.1. The molecule has 6 nitrogen and oxygen atoms in total. The Morgan fingerprint density at radius 3 is 2.70 bits per heavy atom. The molecular weight excluding hydrogens is 278 g/mol. The maximum absolute atomic E-state index is 12.1. The molecule has 1 amide bonds. The first-order valence-electron chi connectivity index (χ1n) is 7.27. The van der Waals surface area contributed by atoms with Gasteiger partial charge < -0.3 is 10.2 Å². The van der Waals surface area contributed by atoms with Crippen LogP contribution in [0.15, 0.2) is 0 Å². The quantitative estimate of drug-likeness (QED) is 0.725. The molecule has 0 aliphatic carbocycles. The molecule has 118 valence electrons. The van der Waals surface area contributed by atoms with Crippen molar-refractivity contribution >= 4 is 15.9 Å². The van der Waals surface area contributed by atoms with E-state index in [1.165, 1.54) is 4.31 Å². The van der Waals surface area contributed by atoms with Gasteiger partial charge in [0.2, 0.25) is 15.9 Å². The molecule has 1 heterocycles. The van der Waals surface area contributed by atoms with E-state index in [1.807, 2.05) is 25.9 Å². The van der Waals surface area contributed by atoms with Crippen LogP contribution < -0.4 is 5.32 Å². The molecular formula is C13H27N3O3S. The average Bonchev–Trinajstić information content (AvgIpc) is 2.38. The Kier molecular flexibility index (Phi) is 6.91. The van der Waals surface area contributed by atoms with E-state index < -0.39 is 10.0 Å². The van der Waals surface area contributed by atoms with Gasteiger partial charge in [0.25, 0.3) is 0 Å². The smallest absolute Gasteiger partial charge is 0.224 e. The number of piperidine rings is 1. The molecule has 0 aromatic carbocycles. The summed E-state index contributed by atoms with van der Waals surface area (Å²) < 4.78 is 25.6. The van der Waals surface area contributed by atoms with Crippen LogP contribution in [0.25, 0.3) is 0 Å². The standard InChI is InChI=1S/C13H27N3O3S/c1-4-10-20(18,19)16-8-5-6-12(11-16)13(17)14-7-9-15(2)3/h12H,4-11H2,1-3H3,(H,14,17)/t12-/m0/s1. The highest BCUT2D eigenvalue weighted by Crippen LogP contribution is 2.20. The van der Waals surface area contributed by atoms with Gasteiger partial charge in [-0.3, -0.25) is 4.79 Å². The summed E-state index contributed by atoms with van der Waals surface area (Å²) in [6, 6.07) is 0. The fraction of sp³-hybridized carbons (Fsp3) is 0.923. The zero-order valence-electron chi connectivity index (χ0n) is 12.8. The van der Waals surface area contributed by atoms with Crippen molar-refractivity contribution in [1.82, 2.24) is 14.5 Å². The van der Waals surface area contributed by atoms with E-state index >= 15 is 0 Å². The highest BCUT2D eigenvalue weighted by Gasteiger charge is 2.31. The molecule has 1 aliphatic rings. The topological polar surface area (TPSA) is 69.7 Å². The summed E-state index contributed by atoms with van der Waals surface area (Å²) in [6.07, 6.45) is 2.14. The second-order valence-corrected chi connectivity index (χ2v) is 7.70. The highest BCUT2D eigenvalue weighted by atomic mass is 32.2. The Balaban J connectivity index is 2.50. The fourth-order valence-corrected chi connectivity index (χ4v) is 3.93. The molecule has 7 heteroatoms. The molecule has 0 bridgehead atoms. The van der Waals surface area contributed by atoms with E-state index in [1.54, 1.807) is 0 Å². The first kappa shape index (κ1) is 17.4. The number of nitrogens with zero attached hydrogens (tertiary/aromatic N) is 2. The SMILES string of the molecule is CCCS(=O)(=O)N1CCC[C@H](C(=O)NCCN(C)C)C1. The van der Waals surface area contributed by atoms with Gasteiger partial charge in [-0.15, -0.1) is 0 Å². The van der Waals surface area contributed by atoms with Gasteiger partial charge >= 0.3 is 0 Å². The summed E-state index contributed by atoms with van der Waals surface area (Å²) in [6.45, 7) is 4.12. The van der Waals surface area contributed by atoms with Gasteiger partial charge in [-0.25, -0.2) is 12.7 Å². The van der Waals surface area contributed by atoms with Gasteiger partial charge in [0, 0.05) is 26.2 Å². The summed E-state index contributed by atoms with van der Waals surface area (Å²) in [5.74, 6) is -0.0668. The van der Waals surface area contributed by atoms with Gasteiger partial charge in [0.1, 0.15) is 0 Å². The molecule has 0 radical (unpaired) electrons. The second-order valence-electron chi connectivity index (χ2n) is 5.61. The van der Waals surface area contributed by atoms with Gasteiger partial charge in [-0.05, 0) is 33.4 Å². The number of sulfonamides is 1. The van der Waals surface area contributed by atoms with Crippen LogP contribution in [0.5, 0.6) is 0 Å². The Morgan fingerprint density at radius 1 is 1.40 bits per heavy atom. The van der Waals surface area contributed by atoms with Crippen LogP contribution >= 0.6 is 0 Å². The summed E-state index contributed by atoms with van der Waals surface area (Å²) in [7, 11) is 0.712. The number of rotatable bonds is 7. The molecule has 0 aromatic heterocycles. The van der Waals surface area contributed by atoms with E-state index in [9.17, 15) is 13.2 Å². The molecule has 0 aromatic rings. The lowest BCUT2D eigenvalue weighted by molar-refractivity contribution is -0.126. The van der Waals surface area contributed by atoms with Crippen molar-refractivity contribution in [2.24, 2.45) is 5.92 Å². The lowest BCUT2D eigenvalue weighted by atomic mass is 9.99. The molecule has 1 saturated heterocycles. The van der Waals surface area contributed by atoms with Crippen LogP contribution in [-0.2, 0) is 14.8 Å². The van der Waals surface area contributed by atoms with E-state index in [0.29, 0.717) is 26.1 Å². The monoisotopic (exact) mass is 305 g/mol. The molecule has 1 N–H and O–H groups in total. The Hall–Kier alpha value is -0.660. The Morgan fingerprint density at radius 2 is 2.10 bits per heavy atom. The largest absolute Gasteiger partial charge is 0.355 e. The third kappa shape index (κ3) is 5.38. The minimum absolute atomic E-state index is 0.0248. The van der Waals surface area contributed by atoms with Crippen molar-refractivity contribution in [3.63, 3.8) is 0 Å². The number of amides is 1. The average molecular weight is 305 g/mol. The molecule has 0 saturated carbocycles. The minimum atomic E-state index is -3.19. The third-order valence-corrected chi connectivity index (χ3v) is 5.51. The summed E-state index contributed by atoms with van der Waals surface area (Å²) in [4.78, 5) is 14.1. The highest BCUT2D eigenvalue weighted by molar-refractivity contribution is 7.89. The zero-order valence-corrected chi connectivity index (χ0v) is 13.6. The first-order chi connectivity index (χ1) is 9.36. The summed E-state index contributed by atoms with van der Waals surface area (Å²) in [5.41, 5.74) is 0. The third-order valence-electron chi connectivity index (χ3n) is 3.47. The molecule has 1 aliphatic heterocycles. The van der Waals surface area contributed by atoms with Gasteiger partial charge in [-0.1, -0.05) is 6.92 Å². The minimum Gasteiger partial charge on any atom is -0.355 e. The predicted molar refractivity (Wildman–Crippen MR) is 79.9 cm³/mol. The Labute approximate surface area is 122 Å². The van der Waals surface area contributed by atoms with Crippen molar-refractivity contribution in [3.05, 3.63) is 0 Å². The predicted octanol–water partition coefficient (Wildman–Crippen LogP) is 0.116. The Bertz CT molecular complexity index is 409. The number of nitrogens with one attached hydrogen (secondary N) is 1. The van der Waals surface area contributed by atoms with E-state index in [-0.39, 0.29) is 17.6 Å². The van der Waals surface area contributed by atoms with Gasteiger partial charge in [0.15, 0.2) is 0 Å². The molecule has 0 unspecified atom stereocenters. The number of carbonyl (C=O) groups is 1. The van der Waals surface area contributed by atoms with Crippen LogP contribution in [0.1, 0.15) is 26.2 Å². The van der Waals surface area contributed by atoms with Crippen LogP contribution in [0.2, 0.25) is 0 Å². The van der Waals surface area contributed by atoms with Crippen molar-refractivity contribution in [3.8, 4) is 0 Å². The first-order valence-corrected chi connectivity index (χ1v) is 8.88. The lowest BCUT2D eigenvalue weighted by Gasteiger charge is -2.31. The van der Waals surface area contributed by atoms with Crippen LogP contribution in [0.4, 0.5) is 0 Å². The number of hydrogen-bond acceptors (Lipinski definition) is 4. The van der Waals surface area contributed by atoms with Crippen LogP contribution in [-0.4, -0.2) is 69.6 Å². The summed E-state index contributed by atoms with van der Waals surface area (Å²) >= 11 is 0. The molecule has 1 atom stereocenters. The lowest BCUT2D eigenvalue weighted by Crippen LogP contribution is -2.46. The van der Waals surface area contributed by atoms with Crippen molar-refractivity contribution in [2.45, 2.75) is 26.2 Å². The van der Waals surface area contributed by atoms with E-state index in [0.717, 1.165) is 19.4 Å². The zero-order chi connectivity index (χ0) is 15.2. The molecule has 0 spiro atoms. The summed E-state index contributed by atoms with van der Waals surface area (Å²) in [5, 5.41) is 2.89. The maximum Gasteiger partial charge on any atom is 0.224 e.